The van der Waals surface area contributed by atoms with Gasteiger partial charge in [-0.3, -0.25) is 4.79 Å². The van der Waals surface area contributed by atoms with Gasteiger partial charge in [0.2, 0.25) is 0 Å². The largest absolute Gasteiger partial charge is 0.379 e. The van der Waals surface area contributed by atoms with E-state index in [1.54, 1.807) is 13.3 Å². The smallest absolute Gasteiger partial charge is 0.253 e. The number of nitrogens with one attached hydrogen (secondary N) is 1. The van der Waals surface area contributed by atoms with Crippen molar-refractivity contribution in [2.24, 2.45) is 0 Å². The summed E-state index contributed by atoms with van der Waals surface area (Å²) < 4.78 is 12.6. The zero-order valence-electron chi connectivity index (χ0n) is 14.4. The fourth-order valence-electron chi connectivity index (χ4n) is 2.19. The van der Waals surface area contributed by atoms with Gasteiger partial charge in [-0.25, -0.2) is 0 Å². The quantitative estimate of drug-likeness (QED) is 0.713. The molecule has 1 aromatic carbocycles. The normalized spacial score (nSPS) is 12.1. The fourth-order valence-corrected chi connectivity index (χ4v) is 2.19. The monoisotopic (exact) mass is 332 g/mol. The lowest BCUT2D eigenvalue weighted by molar-refractivity contribution is -0.127. The van der Waals surface area contributed by atoms with E-state index in [-0.39, 0.29) is 5.91 Å². The maximum absolute atomic E-state index is 12.2. The Kier molecular flexibility index (Phi) is 6.89. The van der Waals surface area contributed by atoms with Gasteiger partial charge in [0.25, 0.3) is 5.91 Å². The number of ether oxygens (including phenoxy) is 2. The van der Waals surface area contributed by atoms with Gasteiger partial charge in [0.1, 0.15) is 12.4 Å². The van der Waals surface area contributed by atoms with Gasteiger partial charge in [0.05, 0.1) is 13.2 Å². The minimum absolute atomic E-state index is 0.194. The molecule has 0 radical (unpaired) electrons. The van der Waals surface area contributed by atoms with E-state index in [9.17, 15) is 4.79 Å². The average Bonchev–Trinajstić information content (AvgIpc) is 3.07. The lowest BCUT2D eigenvalue weighted by Gasteiger charge is -2.14. The Morgan fingerprint density at radius 1 is 1.33 bits per heavy atom. The van der Waals surface area contributed by atoms with E-state index >= 15 is 0 Å². The van der Waals surface area contributed by atoms with Crippen LogP contribution in [-0.4, -0.2) is 46.6 Å². The number of aryl methyl sites for hydroxylation is 1. The molecule has 2 aromatic rings. The third kappa shape index (κ3) is 4.87. The number of nitrogens with zero attached hydrogens (tertiary/aromatic N) is 3. The molecule has 1 atom stereocenters. The van der Waals surface area contributed by atoms with Gasteiger partial charge in [-0.05, 0) is 32.9 Å². The summed E-state index contributed by atoms with van der Waals surface area (Å²) in [7, 11) is 0. The summed E-state index contributed by atoms with van der Waals surface area (Å²) in [5.41, 5.74) is 1.60. The van der Waals surface area contributed by atoms with Gasteiger partial charge in [-0.2, -0.15) is 0 Å². The number of hydrogen-bond acceptors (Lipinski definition) is 5. The van der Waals surface area contributed by atoms with Crippen molar-refractivity contribution in [3.63, 3.8) is 0 Å². The van der Waals surface area contributed by atoms with E-state index in [0.717, 1.165) is 17.9 Å². The van der Waals surface area contributed by atoms with Gasteiger partial charge in [-0.1, -0.05) is 12.1 Å². The predicted molar refractivity (Wildman–Crippen MR) is 91.7 cm³/mol. The molecule has 24 heavy (non-hydrogen) atoms. The first-order chi connectivity index (χ1) is 11.7. The second kappa shape index (κ2) is 9.14. The first-order valence-corrected chi connectivity index (χ1v) is 8.14. The number of benzene rings is 1. The average molecular weight is 332 g/mol. The number of aromatic nitrogens is 3. The standard InChI is InChI=1S/C17H24N4O3/c1-4-21-12-18-20-16(21)14-7-6-8-15(11-14)19-17(22)13(3)24-10-9-23-5-2/h6-8,11-13H,4-5,9-10H2,1-3H3,(H,19,22)/t13-/m1/s1. The van der Waals surface area contributed by atoms with E-state index in [2.05, 4.69) is 15.5 Å². The van der Waals surface area contributed by atoms with Crippen molar-refractivity contribution >= 4 is 11.6 Å². The second-order valence-corrected chi connectivity index (χ2v) is 5.22. The molecule has 0 aliphatic heterocycles. The third-order valence-corrected chi connectivity index (χ3v) is 3.51. The van der Waals surface area contributed by atoms with E-state index in [1.807, 2.05) is 42.7 Å². The summed E-state index contributed by atoms with van der Waals surface area (Å²) in [5.74, 6) is 0.579. The second-order valence-electron chi connectivity index (χ2n) is 5.22. The maximum atomic E-state index is 12.2. The molecule has 0 saturated carbocycles. The molecule has 0 bridgehead atoms. The molecule has 7 heteroatoms. The Hall–Kier alpha value is -2.25. The first-order valence-electron chi connectivity index (χ1n) is 8.14. The molecule has 0 unspecified atom stereocenters. The number of anilines is 1. The Bertz CT molecular complexity index is 657. The van der Waals surface area contributed by atoms with Gasteiger partial charge >= 0.3 is 0 Å². The SMILES string of the molecule is CCOCCO[C@H](C)C(=O)Nc1cccc(-c2nncn2CC)c1. The molecular weight excluding hydrogens is 308 g/mol. The molecule has 0 fully saturated rings. The highest BCUT2D eigenvalue weighted by atomic mass is 16.5. The van der Waals surface area contributed by atoms with Crippen LogP contribution in [0.25, 0.3) is 11.4 Å². The molecule has 1 heterocycles. The highest BCUT2D eigenvalue weighted by Gasteiger charge is 2.14. The van der Waals surface area contributed by atoms with Crippen LogP contribution < -0.4 is 5.32 Å². The number of amides is 1. The zero-order chi connectivity index (χ0) is 17.4. The van der Waals surface area contributed by atoms with Gasteiger partial charge in [0, 0.05) is 24.4 Å². The molecule has 1 aromatic heterocycles. The van der Waals surface area contributed by atoms with Crippen LogP contribution in [0.2, 0.25) is 0 Å². The molecule has 0 aliphatic rings. The van der Waals surface area contributed by atoms with E-state index in [4.69, 9.17) is 9.47 Å². The minimum Gasteiger partial charge on any atom is -0.379 e. The highest BCUT2D eigenvalue weighted by molar-refractivity contribution is 5.94. The summed E-state index contributed by atoms with van der Waals surface area (Å²) in [4.78, 5) is 12.2. The minimum atomic E-state index is -0.548. The van der Waals surface area contributed by atoms with Crippen LogP contribution in [0.1, 0.15) is 20.8 Å². The third-order valence-electron chi connectivity index (χ3n) is 3.51. The molecule has 1 N–H and O–H groups in total. The van der Waals surface area contributed by atoms with Crippen molar-refractivity contribution in [3.8, 4) is 11.4 Å². The summed E-state index contributed by atoms with van der Waals surface area (Å²) in [6.07, 6.45) is 1.14. The van der Waals surface area contributed by atoms with E-state index in [0.29, 0.717) is 25.5 Å². The molecule has 7 nitrogen and oxygen atoms in total. The van der Waals surface area contributed by atoms with Crippen LogP contribution in [0.5, 0.6) is 0 Å². The summed E-state index contributed by atoms with van der Waals surface area (Å²) in [6, 6.07) is 7.52. The molecule has 2 rings (SSSR count). The molecule has 130 valence electrons. The lowest BCUT2D eigenvalue weighted by atomic mass is 10.2. The number of carbonyl (C=O) groups excluding carboxylic acids is 1. The topological polar surface area (TPSA) is 78.3 Å². The molecule has 0 saturated heterocycles. The number of hydrogen-bond donors (Lipinski definition) is 1. The maximum Gasteiger partial charge on any atom is 0.253 e. The van der Waals surface area contributed by atoms with E-state index < -0.39 is 6.10 Å². The summed E-state index contributed by atoms with van der Waals surface area (Å²) in [5, 5.41) is 10.9. The van der Waals surface area contributed by atoms with Gasteiger partial charge in [0.15, 0.2) is 5.82 Å². The Labute approximate surface area is 142 Å². The Balaban J connectivity index is 1.98. The van der Waals surface area contributed by atoms with Crippen molar-refractivity contribution in [3.05, 3.63) is 30.6 Å². The van der Waals surface area contributed by atoms with Gasteiger partial charge in [-0.15, -0.1) is 10.2 Å². The fraction of sp³-hybridized carbons (Fsp3) is 0.471. The van der Waals surface area contributed by atoms with E-state index in [1.165, 1.54) is 0 Å². The van der Waals surface area contributed by atoms with Crippen molar-refractivity contribution in [2.75, 3.05) is 25.1 Å². The first kappa shape index (κ1) is 18.1. The summed E-state index contributed by atoms with van der Waals surface area (Å²) in [6.45, 7) is 7.96. The number of rotatable bonds is 9. The molecule has 0 aliphatic carbocycles. The van der Waals surface area contributed by atoms with Crippen LogP contribution in [-0.2, 0) is 20.8 Å². The molecular formula is C17H24N4O3. The van der Waals surface area contributed by atoms with Crippen molar-refractivity contribution in [1.29, 1.82) is 0 Å². The molecule has 0 spiro atoms. The zero-order valence-corrected chi connectivity index (χ0v) is 14.4. The van der Waals surface area contributed by atoms with Gasteiger partial charge < -0.3 is 19.4 Å². The van der Waals surface area contributed by atoms with Crippen LogP contribution in [0.4, 0.5) is 5.69 Å². The van der Waals surface area contributed by atoms with Crippen LogP contribution >= 0.6 is 0 Å². The Morgan fingerprint density at radius 2 is 2.17 bits per heavy atom. The Morgan fingerprint density at radius 3 is 2.92 bits per heavy atom. The lowest BCUT2D eigenvalue weighted by Crippen LogP contribution is -2.28. The highest BCUT2D eigenvalue weighted by Crippen LogP contribution is 2.21. The van der Waals surface area contributed by atoms with Crippen molar-refractivity contribution in [2.45, 2.75) is 33.4 Å². The number of carbonyl (C=O) groups is 1. The van der Waals surface area contributed by atoms with Crippen LogP contribution in [0, 0.1) is 0 Å². The van der Waals surface area contributed by atoms with Crippen molar-refractivity contribution < 1.29 is 14.3 Å². The van der Waals surface area contributed by atoms with Crippen LogP contribution in [0.3, 0.4) is 0 Å². The predicted octanol–water partition coefficient (Wildman–Crippen LogP) is 2.35. The van der Waals surface area contributed by atoms with Crippen LogP contribution in [0.15, 0.2) is 30.6 Å². The summed E-state index contributed by atoms with van der Waals surface area (Å²) >= 11 is 0. The van der Waals surface area contributed by atoms with Crippen molar-refractivity contribution in [1.82, 2.24) is 14.8 Å². The molecule has 1 amide bonds.